The van der Waals surface area contributed by atoms with Gasteiger partial charge in [-0.2, -0.15) is 0 Å². The van der Waals surface area contributed by atoms with E-state index in [1.807, 2.05) is 0 Å². The van der Waals surface area contributed by atoms with Crippen molar-refractivity contribution >= 4 is 16.6 Å². The van der Waals surface area contributed by atoms with E-state index < -0.39 is 0 Å². The molecule has 2 aromatic rings. The monoisotopic (exact) mass is 281 g/mol. The van der Waals surface area contributed by atoms with Crippen LogP contribution in [0.25, 0.3) is 10.8 Å². The summed E-state index contributed by atoms with van der Waals surface area (Å²) in [5.41, 5.74) is 1.16. The number of pyridine rings is 1. The lowest BCUT2D eigenvalue weighted by atomic mass is 10.1. The van der Waals surface area contributed by atoms with Gasteiger partial charge in [0.1, 0.15) is 5.82 Å². The zero-order chi connectivity index (χ0) is 14.2. The average Bonchev–Trinajstić information content (AvgIpc) is 3.15. The topological polar surface area (TPSA) is 28.2 Å². The van der Waals surface area contributed by atoms with E-state index in [-0.39, 0.29) is 0 Å². The van der Waals surface area contributed by atoms with E-state index in [1.54, 1.807) is 0 Å². The maximum Gasteiger partial charge on any atom is 0.137 e. The van der Waals surface area contributed by atoms with Crippen LogP contribution in [-0.4, -0.2) is 24.1 Å². The summed E-state index contributed by atoms with van der Waals surface area (Å²) in [6, 6.07) is 11.6. The number of hydrogen-bond acceptors (Lipinski definition) is 3. The second-order valence-electron chi connectivity index (χ2n) is 6.42. The van der Waals surface area contributed by atoms with E-state index in [1.165, 1.54) is 42.4 Å². The lowest BCUT2D eigenvalue weighted by Crippen LogP contribution is -2.33. The molecule has 21 heavy (non-hydrogen) atoms. The fraction of sp³-hybridized carbons (Fsp3) is 0.500. The van der Waals surface area contributed by atoms with Gasteiger partial charge in [-0.25, -0.2) is 4.98 Å². The number of nitrogens with zero attached hydrogens (tertiary/aromatic N) is 2. The molecule has 1 aliphatic heterocycles. The molecule has 3 nitrogen and oxygen atoms in total. The first kappa shape index (κ1) is 13.1. The second kappa shape index (κ2) is 5.30. The second-order valence-corrected chi connectivity index (χ2v) is 6.42. The van der Waals surface area contributed by atoms with Gasteiger partial charge in [-0.1, -0.05) is 31.2 Å². The summed E-state index contributed by atoms with van der Waals surface area (Å²) in [6.07, 6.45) is 4.13. The van der Waals surface area contributed by atoms with Gasteiger partial charge in [0.15, 0.2) is 0 Å². The highest BCUT2D eigenvalue weighted by molar-refractivity contribution is 5.92. The number of nitrogens with one attached hydrogen (secondary N) is 1. The zero-order valence-electron chi connectivity index (χ0n) is 12.7. The summed E-state index contributed by atoms with van der Waals surface area (Å²) in [4.78, 5) is 7.58. The van der Waals surface area contributed by atoms with Gasteiger partial charge >= 0.3 is 0 Å². The first-order chi connectivity index (χ1) is 10.3. The SMILES string of the molecule is CCNCc1cc2ccccc2c(N2CC3CCC2C3)n1. The molecule has 2 bridgehead atoms. The predicted octanol–water partition coefficient (Wildman–Crippen LogP) is 3.33. The number of benzene rings is 1. The molecule has 0 radical (unpaired) electrons. The third-order valence-electron chi connectivity index (χ3n) is 5.01. The molecule has 1 aliphatic carbocycles. The number of hydrogen-bond donors (Lipinski definition) is 1. The molecule has 110 valence electrons. The largest absolute Gasteiger partial charge is 0.353 e. The van der Waals surface area contributed by atoms with Gasteiger partial charge in [-0.15, -0.1) is 0 Å². The number of anilines is 1. The van der Waals surface area contributed by atoms with Crippen LogP contribution in [0.15, 0.2) is 30.3 Å². The number of fused-ring (bicyclic) bond motifs is 3. The van der Waals surface area contributed by atoms with Crippen molar-refractivity contribution in [3.63, 3.8) is 0 Å². The molecule has 0 spiro atoms. The highest BCUT2D eigenvalue weighted by Gasteiger charge is 2.38. The molecule has 2 heterocycles. The van der Waals surface area contributed by atoms with E-state index in [9.17, 15) is 0 Å². The third-order valence-corrected chi connectivity index (χ3v) is 5.01. The molecule has 1 saturated carbocycles. The van der Waals surface area contributed by atoms with E-state index in [0.29, 0.717) is 0 Å². The summed E-state index contributed by atoms with van der Waals surface area (Å²) in [5.74, 6) is 2.11. The summed E-state index contributed by atoms with van der Waals surface area (Å²) in [6.45, 7) is 5.18. The van der Waals surface area contributed by atoms with E-state index in [0.717, 1.165) is 30.7 Å². The smallest absolute Gasteiger partial charge is 0.137 e. The summed E-state index contributed by atoms with van der Waals surface area (Å²) in [7, 11) is 0. The van der Waals surface area contributed by atoms with Crippen molar-refractivity contribution in [2.45, 2.75) is 38.8 Å². The number of piperidine rings is 1. The Bertz CT molecular complexity index is 652. The Kier molecular flexibility index (Phi) is 3.30. The van der Waals surface area contributed by atoms with Crippen LogP contribution in [0.3, 0.4) is 0 Å². The lowest BCUT2D eigenvalue weighted by Gasteiger charge is -2.29. The molecule has 3 heteroatoms. The Morgan fingerprint density at radius 2 is 2.19 bits per heavy atom. The van der Waals surface area contributed by atoms with Crippen LogP contribution >= 0.6 is 0 Å². The Morgan fingerprint density at radius 1 is 1.29 bits per heavy atom. The molecular formula is C18H23N3. The first-order valence-electron chi connectivity index (χ1n) is 8.21. The van der Waals surface area contributed by atoms with Crippen LogP contribution in [0, 0.1) is 5.92 Å². The van der Waals surface area contributed by atoms with Crippen molar-refractivity contribution < 1.29 is 0 Å². The van der Waals surface area contributed by atoms with Gasteiger partial charge in [-0.3, -0.25) is 0 Å². The highest BCUT2D eigenvalue weighted by Crippen LogP contribution is 2.41. The summed E-state index contributed by atoms with van der Waals surface area (Å²) in [5, 5.41) is 6.03. The minimum Gasteiger partial charge on any atom is -0.353 e. The summed E-state index contributed by atoms with van der Waals surface area (Å²) >= 11 is 0. The normalized spacial score (nSPS) is 24.1. The Morgan fingerprint density at radius 3 is 2.95 bits per heavy atom. The van der Waals surface area contributed by atoms with Gasteiger partial charge in [0, 0.05) is 24.5 Å². The van der Waals surface area contributed by atoms with Crippen molar-refractivity contribution in [2.24, 2.45) is 5.92 Å². The minimum atomic E-state index is 0.722. The zero-order valence-corrected chi connectivity index (χ0v) is 12.7. The van der Waals surface area contributed by atoms with Gasteiger partial charge in [0.25, 0.3) is 0 Å². The highest BCUT2D eigenvalue weighted by atomic mass is 15.2. The molecule has 2 unspecified atom stereocenters. The van der Waals surface area contributed by atoms with Crippen molar-refractivity contribution in [1.82, 2.24) is 10.3 Å². The molecule has 1 N–H and O–H groups in total. The van der Waals surface area contributed by atoms with Crippen LogP contribution in [0.2, 0.25) is 0 Å². The minimum absolute atomic E-state index is 0.722. The Hall–Kier alpha value is -1.61. The van der Waals surface area contributed by atoms with Gasteiger partial charge in [0.05, 0.1) is 5.69 Å². The van der Waals surface area contributed by atoms with Crippen molar-refractivity contribution in [3.8, 4) is 0 Å². The van der Waals surface area contributed by atoms with Gasteiger partial charge in [0.2, 0.25) is 0 Å². The molecule has 4 rings (SSSR count). The lowest BCUT2D eigenvalue weighted by molar-refractivity contribution is 0.550. The molecule has 0 amide bonds. The molecule has 1 aromatic heterocycles. The summed E-state index contributed by atoms with van der Waals surface area (Å²) < 4.78 is 0. The standard InChI is InChI=1S/C18H23N3/c1-2-19-11-15-10-14-5-3-4-6-17(14)18(20-15)21-12-13-7-8-16(21)9-13/h3-6,10,13,16,19H,2,7-9,11-12H2,1H3. The van der Waals surface area contributed by atoms with E-state index in [2.05, 4.69) is 47.5 Å². The molecular weight excluding hydrogens is 258 g/mol. The van der Waals surface area contributed by atoms with Gasteiger partial charge < -0.3 is 10.2 Å². The van der Waals surface area contributed by atoms with Crippen molar-refractivity contribution in [2.75, 3.05) is 18.0 Å². The number of aromatic nitrogens is 1. The molecule has 1 aromatic carbocycles. The first-order valence-corrected chi connectivity index (χ1v) is 8.21. The molecule has 1 saturated heterocycles. The molecule has 2 fully saturated rings. The van der Waals surface area contributed by atoms with Crippen LogP contribution in [-0.2, 0) is 6.54 Å². The predicted molar refractivity (Wildman–Crippen MR) is 87.6 cm³/mol. The van der Waals surface area contributed by atoms with E-state index in [4.69, 9.17) is 4.98 Å². The molecule has 2 atom stereocenters. The Labute approximate surface area is 126 Å². The third kappa shape index (κ3) is 2.30. The van der Waals surface area contributed by atoms with Crippen molar-refractivity contribution in [3.05, 3.63) is 36.0 Å². The van der Waals surface area contributed by atoms with Crippen LogP contribution in [0.4, 0.5) is 5.82 Å². The van der Waals surface area contributed by atoms with Crippen LogP contribution in [0.1, 0.15) is 31.9 Å². The van der Waals surface area contributed by atoms with Crippen LogP contribution < -0.4 is 10.2 Å². The Balaban J connectivity index is 1.78. The number of rotatable bonds is 4. The fourth-order valence-electron chi connectivity index (χ4n) is 3.98. The van der Waals surface area contributed by atoms with E-state index >= 15 is 0 Å². The average molecular weight is 281 g/mol. The molecule has 2 aliphatic rings. The quantitative estimate of drug-likeness (QED) is 0.931. The maximum atomic E-state index is 5.00. The van der Waals surface area contributed by atoms with Gasteiger partial charge in [-0.05, 0) is 43.2 Å². The van der Waals surface area contributed by atoms with Crippen LogP contribution in [0.5, 0.6) is 0 Å². The maximum absolute atomic E-state index is 5.00. The fourth-order valence-corrected chi connectivity index (χ4v) is 3.98. The van der Waals surface area contributed by atoms with Crippen molar-refractivity contribution in [1.29, 1.82) is 0 Å².